The Labute approximate surface area is 92.4 Å². The van der Waals surface area contributed by atoms with Gasteiger partial charge < -0.3 is 10.5 Å². The molecule has 0 saturated carbocycles. The minimum absolute atomic E-state index is 0.0864. The van der Waals surface area contributed by atoms with Crippen molar-refractivity contribution in [2.45, 2.75) is 0 Å². The maximum atomic E-state index is 7.26. The molecular weight excluding hydrogens is 204 g/mol. The molecule has 0 saturated heterocycles. The van der Waals surface area contributed by atoms with Crippen LogP contribution in [0.15, 0.2) is 42.7 Å². The number of hydrogen-bond acceptors (Lipinski definition) is 4. The lowest BCUT2D eigenvalue weighted by Gasteiger charge is -2.04. The maximum absolute atomic E-state index is 7.26. The molecule has 2 rings (SSSR count). The van der Waals surface area contributed by atoms with E-state index in [-0.39, 0.29) is 5.84 Å². The molecule has 5 nitrogen and oxygen atoms in total. The maximum Gasteiger partial charge on any atom is 0.219 e. The molecule has 80 valence electrons. The standard InChI is InChI=1S/C11H10N4O/c12-11(13)9-4-1-5-10(15-9)16-8-3-2-6-14-7-8/h1-7H,(H3,12,13). The topological polar surface area (TPSA) is 84.9 Å². The van der Waals surface area contributed by atoms with Gasteiger partial charge in [-0.15, -0.1) is 0 Å². The average molecular weight is 214 g/mol. The quantitative estimate of drug-likeness (QED) is 0.599. The van der Waals surface area contributed by atoms with Crippen molar-refractivity contribution in [1.82, 2.24) is 9.97 Å². The first-order chi connectivity index (χ1) is 7.75. The van der Waals surface area contributed by atoms with Crippen molar-refractivity contribution >= 4 is 5.84 Å². The van der Waals surface area contributed by atoms with Crippen LogP contribution in [0.3, 0.4) is 0 Å². The van der Waals surface area contributed by atoms with Gasteiger partial charge in [0.1, 0.15) is 17.3 Å². The summed E-state index contributed by atoms with van der Waals surface area (Å²) in [5.41, 5.74) is 5.72. The van der Waals surface area contributed by atoms with Gasteiger partial charge in [0.25, 0.3) is 0 Å². The summed E-state index contributed by atoms with van der Waals surface area (Å²) in [6, 6.07) is 8.62. The summed E-state index contributed by atoms with van der Waals surface area (Å²) in [7, 11) is 0. The molecule has 0 amide bonds. The van der Waals surface area contributed by atoms with Crippen LogP contribution in [0.4, 0.5) is 0 Å². The van der Waals surface area contributed by atoms with E-state index in [9.17, 15) is 0 Å². The molecule has 2 aromatic heterocycles. The zero-order valence-electron chi connectivity index (χ0n) is 8.42. The predicted molar refractivity (Wildman–Crippen MR) is 59.6 cm³/mol. The third-order valence-corrected chi connectivity index (χ3v) is 1.86. The first kappa shape index (κ1) is 10.1. The van der Waals surface area contributed by atoms with E-state index in [2.05, 4.69) is 9.97 Å². The molecule has 2 heterocycles. The van der Waals surface area contributed by atoms with Gasteiger partial charge >= 0.3 is 0 Å². The fourth-order valence-corrected chi connectivity index (χ4v) is 1.15. The Morgan fingerprint density at radius 3 is 2.81 bits per heavy atom. The summed E-state index contributed by atoms with van der Waals surface area (Å²) in [5.74, 6) is 0.896. The van der Waals surface area contributed by atoms with E-state index < -0.39 is 0 Å². The van der Waals surface area contributed by atoms with Crippen LogP contribution < -0.4 is 10.5 Å². The molecule has 0 atom stereocenters. The molecule has 0 radical (unpaired) electrons. The highest BCUT2D eigenvalue weighted by Crippen LogP contribution is 2.17. The highest BCUT2D eigenvalue weighted by atomic mass is 16.5. The van der Waals surface area contributed by atoms with Crippen LogP contribution >= 0.6 is 0 Å². The van der Waals surface area contributed by atoms with Crippen molar-refractivity contribution in [3.63, 3.8) is 0 Å². The number of nitrogens with two attached hydrogens (primary N) is 1. The van der Waals surface area contributed by atoms with Gasteiger partial charge in [-0.25, -0.2) is 4.98 Å². The lowest BCUT2D eigenvalue weighted by molar-refractivity contribution is 0.460. The van der Waals surface area contributed by atoms with Gasteiger partial charge in [0.05, 0.1) is 6.20 Å². The fraction of sp³-hybridized carbons (Fsp3) is 0. The van der Waals surface area contributed by atoms with E-state index in [1.165, 1.54) is 0 Å². The minimum Gasteiger partial charge on any atom is -0.437 e. The molecule has 2 aromatic rings. The average Bonchev–Trinajstić information content (AvgIpc) is 2.30. The van der Waals surface area contributed by atoms with Crippen molar-refractivity contribution in [2.24, 2.45) is 5.73 Å². The SMILES string of the molecule is N=C(N)c1cccc(Oc2cccnc2)n1. The van der Waals surface area contributed by atoms with Crippen molar-refractivity contribution < 1.29 is 4.74 Å². The number of rotatable bonds is 3. The molecular formula is C11H10N4O. The van der Waals surface area contributed by atoms with Gasteiger partial charge in [-0.1, -0.05) is 6.07 Å². The molecule has 0 spiro atoms. The van der Waals surface area contributed by atoms with Crippen molar-refractivity contribution in [1.29, 1.82) is 5.41 Å². The molecule has 0 aliphatic rings. The van der Waals surface area contributed by atoms with Gasteiger partial charge in [-0.2, -0.15) is 0 Å². The summed E-state index contributed by atoms with van der Waals surface area (Å²) in [5, 5.41) is 7.26. The van der Waals surface area contributed by atoms with E-state index in [1.807, 2.05) is 0 Å². The molecule has 0 fully saturated rings. The molecule has 3 N–H and O–H groups in total. The molecule has 0 aromatic carbocycles. The Morgan fingerprint density at radius 1 is 1.25 bits per heavy atom. The molecule has 0 aliphatic carbocycles. The number of ether oxygens (including phenoxy) is 1. The summed E-state index contributed by atoms with van der Waals surface area (Å²) in [6.07, 6.45) is 3.24. The number of hydrogen-bond donors (Lipinski definition) is 2. The van der Waals surface area contributed by atoms with E-state index >= 15 is 0 Å². The van der Waals surface area contributed by atoms with E-state index in [0.29, 0.717) is 17.3 Å². The number of pyridine rings is 2. The second kappa shape index (κ2) is 4.39. The Balaban J connectivity index is 2.22. The first-order valence-electron chi connectivity index (χ1n) is 4.65. The van der Waals surface area contributed by atoms with Gasteiger partial charge in [0.15, 0.2) is 0 Å². The normalized spacial score (nSPS) is 9.75. The highest BCUT2D eigenvalue weighted by Gasteiger charge is 2.02. The number of nitrogen functional groups attached to an aromatic ring is 1. The number of nitrogens with one attached hydrogen (secondary N) is 1. The lowest BCUT2D eigenvalue weighted by atomic mass is 10.3. The van der Waals surface area contributed by atoms with Crippen LogP contribution in [0.2, 0.25) is 0 Å². The van der Waals surface area contributed by atoms with E-state index in [1.54, 1.807) is 42.7 Å². The Hall–Kier alpha value is -2.43. The smallest absolute Gasteiger partial charge is 0.219 e. The largest absolute Gasteiger partial charge is 0.437 e. The number of aromatic nitrogens is 2. The molecule has 5 heteroatoms. The predicted octanol–water partition coefficient (Wildman–Crippen LogP) is 1.55. The second-order valence-electron chi connectivity index (χ2n) is 3.07. The summed E-state index contributed by atoms with van der Waals surface area (Å²) >= 11 is 0. The highest BCUT2D eigenvalue weighted by molar-refractivity contribution is 5.93. The third-order valence-electron chi connectivity index (χ3n) is 1.86. The summed E-state index contributed by atoms with van der Waals surface area (Å²) < 4.78 is 5.44. The van der Waals surface area contributed by atoms with Crippen LogP contribution in [-0.4, -0.2) is 15.8 Å². The summed E-state index contributed by atoms with van der Waals surface area (Å²) in [4.78, 5) is 7.99. The zero-order valence-corrected chi connectivity index (χ0v) is 8.42. The van der Waals surface area contributed by atoms with Gasteiger partial charge in [-0.3, -0.25) is 10.4 Å². The monoisotopic (exact) mass is 214 g/mol. The lowest BCUT2D eigenvalue weighted by Crippen LogP contribution is -2.13. The van der Waals surface area contributed by atoms with Crippen LogP contribution in [0, 0.1) is 5.41 Å². The van der Waals surface area contributed by atoms with Crippen molar-refractivity contribution in [3.05, 3.63) is 48.4 Å². The third kappa shape index (κ3) is 2.33. The van der Waals surface area contributed by atoms with Gasteiger partial charge in [0.2, 0.25) is 5.88 Å². The Kier molecular flexibility index (Phi) is 2.77. The van der Waals surface area contributed by atoms with E-state index in [0.717, 1.165) is 0 Å². The molecule has 16 heavy (non-hydrogen) atoms. The van der Waals surface area contributed by atoms with Crippen molar-refractivity contribution in [3.8, 4) is 11.6 Å². The van der Waals surface area contributed by atoms with Gasteiger partial charge in [0, 0.05) is 12.3 Å². The second-order valence-corrected chi connectivity index (χ2v) is 3.07. The van der Waals surface area contributed by atoms with Gasteiger partial charge in [-0.05, 0) is 18.2 Å². The molecule has 0 bridgehead atoms. The van der Waals surface area contributed by atoms with E-state index in [4.69, 9.17) is 15.9 Å². The Bertz CT molecular complexity index is 498. The van der Waals surface area contributed by atoms with Crippen LogP contribution in [-0.2, 0) is 0 Å². The summed E-state index contributed by atoms with van der Waals surface area (Å²) in [6.45, 7) is 0. The fourth-order valence-electron chi connectivity index (χ4n) is 1.15. The molecule has 0 unspecified atom stereocenters. The zero-order chi connectivity index (χ0) is 11.4. The minimum atomic E-state index is -0.0864. The van der Waals surface area contributed by atoms with Crippen LogP contribution in [0.25, 0.3) is 0 Å². The molecule has 0 aliphatic heterocycles. The Morgan fingerprint density at radius 2 is 2.12 bits per heavy atom. The van der Waals surface area contributed by atoms with Crippen LogP contribution in [0.1, 0.15) is 5.69 Å². The number of nitrogens with zero attached hydrogens (tertiary/aromatic N) is 2. The number of amidine groups is 1. The van der Waals surface area contributed by atoms with Crippen molar-refractivity contribution in [2.75, 3.05) is 0 Å². The van der Waals surface area contributed by atoms with Crippen LogP contribution in [0.5, 0.6) is 11.6 Å². The first-order valence-corrected chi connectivity index (χ1v) is 4.65.